The lowest BCUT2D eigenvalue weighted by molar-refractivity contribution is -0.245. The second-order valence-electron chi connectivity index (χ2n) is 5.77. The lowest BCUT2D eigenvalue weighted by atomic mass is 10.1. The highest BCUT2D eigenvalue weighted by Gasteiger charge is 2.29. The summed E-state index contributed by atoms with van der Waals surface area (Å²) in [6.07, 6.45) is 0.280. The molecule has 7 heteroatoms. The quantitative estimate of drug-likeness (QED) is 0.241. The topological polar surface area (TPSA) is 38.7 Å². The predicted octanol–water partition coefficient (Wildman–Crippen LogP) is 6.08. The number of rotatable bonds is 9. The summed E-state index contributed by atoms with van der Waals surface area (Å²) in [5.74, 6) is 1.60. The molecule has 1 N–H and O–H groups in total. The standard InChI is InChI=1S/C20H21F3O3S/c1-15-14-18(9-10-19(15)25-11-12-26-24)27-13-3-2-4-16-5-7-17(8-6-16)20(21,22)23/h2,4-10,14,24H,3,11-13H2,1H3/b4-2+. The summed E-state index contributed by atoms with van der Waals surface area (Å²) < 4.78 is 43.0. The molecule has 2 rings (SSSR count). The summed E-state index contributed by atoms with van der Waals surface area (Å²) in [4.78, 5) is 5.08. The van der Waals surface area contributed by atoms with E-state index in [2.05, 4.69) is 4.89 Å². The number of hydrogen-bond donors (Lipinski definition) is 1. The molecule has 0 amide bonds. The first kappa shape index (κ1) is 21.3. The minimum atomic E-state index is -4.30. The lowest BCUT2D eigenvalue weighted by Gasteiger charge is -2.09. The third-order valence-electron chi connectivity index (χ3n) is 3.68. The van der Waals surface area contributed by atoms with Gasteiger partial charge in [0.1, 0.15) is 19.0 Å². The first-order valence-electron chi connectivity index (χ1n) is 8.36. The Morgan fingerprint density at radius 2 is 1.81 bits per heavy atom. The maximum atomic E-state index is 12.5. The fraction of sp³-hybridized carbons (Fsp3) is 0.300. The molecule has 0 fully saturated rings. The van der Waals surface area contributed by atoms with Crippen LogP contribution in [0.3, 0.4) is 0 Å². The first-order chi connectivity index (χ1) is 12.9. The second-order valence-corrected chi connectivity index (χ2v) is 6.94. The Morgan fingerprint density at radius 3 is 2.44 bits per heavy atom. The van der Waals surface area contributed by atoms with Crippen molar-refractivity contribution in [3.8, 4) is 5.75 Å². The number of benzene rings is 2. The van der Waals surface area contributed by atoms with Crippen LogP contribution >= 0.6 is 11.8 Å². The van der Waals surface area contributed by atoms with Gasteiger partial charge in [-0.05, 0) is 54.8 Å². The third-order valence-corrected chi connectivity index (χ3v) is 4.71. The van der Waals surface area contributed by atoms with Crippen molar-refractivity contribution in [1.29, 1.82) is 0 Å². The third kappa shape index (κ3) is 7.28. The molecule has 0 saturated heterocycles. The van der Waals surface area contributed by atoms with Gasteiger partial charge in [-0.3, -0.25) is 5.26 Å². The summed E-state index contributed by atoms with van der Waals surface area (Å²) in [7, 11) is 0. The molecular weight excluding hydrogens is 377 g/mol. The Labute approximate surface area is 160 Å². The van der Waals surface area contributed by atoms with E-state index in [4.69, 9.17) is 9.99 Å². The van der Waals surface area contributed by atoms with E-state index in [-0.39, 0.29) is 13.2 Å². The molecule has 0 heterocycles. The summed E-state index contributed by atoms with van der Waals surface area (Å²) in [6.45, 7) is 2.34. The monoisotopic (exact) mass is 398 g/mol. The zero-order valence-electron chi connectivity index (χ0n) is 14.8. The minimum absolute atomic E-state index is 0.112. The average Bonchev–Trinajstić information content (AvgIpc) is 2.63. The van der Waals surface area contributed by atoms with Crippen LogP contribution in [-0.2, 0) is 11.1 Å². The van der Waals surface area contributed by atoms with Crippen molar-refractivity contribution in [2.24, 2.45) is 0 Å². The Balaban J connectivity index is 1.77. The van der Waals surface area contributed by atoms with Gasteiger partial charge in [0.05, 0.1) is 5.56 Å². The molecular formula is C20H21F3O3S. The minimum Gasteiger partial charge on any atom is -0.491 e. The van der Waals surface area contributed by atoms with Gasteiger partial charge in [-0.15, -0.1) is 11.8 Å². The molecule has 2 aromatic carbocycles. The van der Waals surface area contributed by atoms with Gasteiger partial charge in [0, 0.05) is 10.6 Å². The van der Waals surface area contributed by atoms with Crippen molar-refractivity contribution in [1.82, 2.24) is 0 Å². The Bertz CT molecular complexity index is 743. The number of hydrogen-bond acceptors (Lipinski definition) is 4. The van der Waals surface area contributed by atoms with E-state index in [0.717, 1.165) is 46.1 Å². The molecule has 0 atom stereocenters. The van der Waals surface area contributed by atoms with E-state index in [1.165, 1.54) is 12.1 Å². The highest BCUT2D eigenvalue weighted by Crippen LogP contribution is 2.29. The van der Waals surface area contributed by atoms with Gasteiger partial charge in [0.2, 0.25) is 0 Å². The van der Waals surface area contributed by atoms with Crippen molar-refractivity contribution in [3.05, 3.63) is 65.2 Å². The van der Waals surface area contributed by atoms with E-state index >= 15 is 0 Å². The molecule has 0 bridgehead atoms. The van der Waals surface area contributed by atoms with Gasteiger partial charge in [0.25, 0.3) is 0 Å². The molecule has 0 aliphatic carbocycles. The fourth-order valence-corrected chi connectivity index (χ4v) is 3.22. The number of thioether (sulfide) groups is 1. The fourth-order valence-electron chi connectivity index (χ4n) is 2.31. The van der Waals surface area contributed by atoms with Gasteiger partial charge < -0.3 is 4.74 Å². The molecule has 0 spiro atoms. The molecule has 0 aliphatic heterocycles. The maximum absolute atomic E-state index is 12.5. The van der Waals surface area contributed by atoms with Crippen LogP contribution < -0.4 is 4.74 Å². The molecule has 0 radical (unpaired) electrons. The van der Waals surface area contributed by atoms with E-state index < -0.39 is 11.7 Å². The summed E-state index contributed by atoms with van der Waals surface area (Å²) in [5, 5.41) is 8.28. The zero-order valence-corrected chi connectivity index (χ0v) is 15.6. The normalized spacial score (nSPS) is 11.9. The number of aryl methyl sites for hydroxylation is 1. The van der Waals surface area contributed by atoms with Crippen molar-refractivity contribution < 1.29 is 28.1 Å². The Kier molecular flexibility index (Phi) is 8.22. The van der Waals surface area contributed by atoms with Crippen LogP contribution in [0.25, 0.3) is 6.08 Å². The van der Waals surface area contributed by atoms with Gasteiger partial charge in [0.15, 0.2) is 0 Å². The van der Waals surface area contributed by atoms with Crippen LogP contribution in [-0.4, -0.2) is 24.2 Å². The number of alkyl halides is 3. The molecule has 27 heavy (non-hydrogen) atoms. The van der Waals surface area contributed by atoms with Crippen molar-refractivity contribution in [3.63, 3.8) is 0 Å². The second kappa shape index (κ2) is 10.4. The molecule has 0 aliphatic rings. The van der Waals surface area contributed by atoms with Crippen LogP contribution in [0.1, 0.15) is 23.1 Å². The largest absolute Gasteiger partial charge is 0.491 e. The van der Waals surface area contributed by atoms with Gasteiger partial charge in [-0.1, -0.05) is 24.3 Å². The van der Waals surface area contributed by atoms with Crippen molar-refractivity contribution >= 4 is 17.8 Å². The van der Waals surface area contributed by atoms with Crippen LogP contribution in [0.5, 0.6) is 5.75 Å². The summed E-state index contributed by atoms with van der Waals surface area (Å²) in [5.41, 5.74) is 1.11. The van der Waals surface area contributed by atoms with E-state index in [1.54, 1.807) is 11.8 Å². The smallest absolute Gasteiger partial charge is 0.416 e. The van der Waals surface area contributed by atoms with Crippen LogP contribution in [0, 0.1) is 6.92 Å². The van der Waals surface area contributed by atoms with Crippen molar-refractivity contribution in [2.45, 2.75) is 24.4 Å². The van der Waals surface area contributed by atoms with Crippen molar-refractivity contribution in [2.75, 3.05) is 19.0 Å². The first-order valence-corrected chi connectivity index (χ1v) is 9.35. The highest BCUT2D eigenvalue weighted by molar-refractivity contribution is 7.99. The van der Waals surface area contributed by atoms with Gasteiger partial charge in [-0.25, -0.2) is 4.89 Å². The SMILES string of the molecule is Cc1cc(SCC/C=C/c2ccc(C(F)(F)F)cc2)ccc1OCCOO. The molecule has 2 aromatic rings. The average molecular weight is 398 g/mol. The van der Waals surface area contributed by atoms with Gasteiger partial charge in [-0.2, -0.15) is 13.2 Å². The molecule has 0 aromatic heterocycles. The highest BCUT2D eigenvalue weighted by atomic mass is 32.2. The number of ether oxygens (including phenoxy) is 1. The number of allylic oxidation sites excluding steroid dienone is 1. The maximum Gasteiger partial charge on any atom is 0.416 e. The van der Waals surface area contributed by atoms with Crippen LogP contribution in [0.4, 0.5) is 13.2 Å². The molecule has 3 nitrogen and oxygen atoms in total. The lowest BCUT2D eigenvalue weighted by Crippen LogP contribution is -2.05. The molecule has 0 saturated carbocycles. The van der Waals surface area contributed by atoms with E-state index in [1.807, 2.05) is 37.3 Å². The van der Waals surface area contributed by atoms with Crippen LogP contribution in [0.15, 0.2) is 53.4 Å². The predicted molar refractivity (Wildman–Crippen MR) is 101 cm³/mol. The Morgan fingerprint density at radius 1 is 1.07 bits per heavy atom. The van der Waals surface area contributed by atoms with E-state index in [0.29, 0.717) is 0 Å². The zero-order chi connectivity index (χ0) is 19.7. The summed E-state index contributed by atoms with van der Waals surface area (Å²) in [6, 6.07) is 11.0. The molecule has 146 valence electrons. The van der Waals surface area contributed by atoms with E-state index in [9.17, 15) is 13.2 Å². The Hall–Kier alpha value is -1.96. The molecule has 0 unspecified atom stereocenters. The number of halogens is 3. The summed E-state index contributed by atoms with van der Waals surface area (Å²) >= 11 is 1.69. The van der Waals surface area contributed by atoms with Crippen LogP contribution in [0.2, 0.25) is 0 Å². The van der Waals surface area contributed by atoms with Gasteiger partial charge >= 0.3 is 6.18 Å².